The van der Waals surface area contributed by atoms with Gasteiger partial charge in [0.15, 0.2) is 0 Å². The highest BCUT2D eigenvalue weighted by atomic mass is 35.5. The quantitative estimate of drug-likeness (QED) is 0.448. The molecule has 2 rings (SSSR count). The Morgan fingerprint density at radius 1 is 1.25 bits per heavy atom. The number of halogens is 2. The van der Waals surface area contributed by atoms with Gasteiger partial charge in [0.2, 0.25) is 5.06 Å². The number of alkyl halides is 1. The van der Waals surface area contributed by atoms with Gasteiger partial charge < -0.3 is 21.9 Å². The fraction of sp³-hybridized carbons (Fsp3) is 0.364. The maximum absolute atomic E-state index is 6.29. The number of para-hydroxylation sites is 1. The van der Waals surface area contributed by atoms with Crippen LogP contribution < -0.4 is 17.1 Å². The van der Waals surface area contributed by atoms with E-state index in [4.69, 9.17) is 21.1 Å². The van der Waals surface area contributed by atoms with E-state index in [0.29, 0.717) is 6.08 Å². The summed E-state index contributed by atoms with van der Waals surface area (Å²) in [6.45, 7) is 1.80. The molecule has 1 heterocycles. The minimum Gasteiger partial charge on any atom is -1.00 e. The van der Waals surface area contributed by atoms with Crippen LogP contribution in [0.3, 0.4) is 0 Å². The van der Waals surface area contributed by atoms with Gasteiger partial charge in [-0.25, -0.2) is 0 Å². The molecular formula is C11H13Cl2NO2. The fourth-order valence-corrected chi connectivity index (χ4v) is 1.66. The summed E-state index contributed by atoms with van der Waals surface area (Å²) in [6, 6.07) is 7.59. The Morgan fingerprint density at radius 2 is 1.88 bits per heavy atom. The van der Waals surface area contributed by atoms with Crippen molar-refractivity contribution in [3.8, 4) is 5.75 Å². The van der Waals surface area contributed by atoms with Crippen LogP contribution >= 0.6 is 11.6 Å². The number of rotatable bonds is 0. The zero-order valence-corrected chi connectivity index (χ0v) is 10.8. The zero-order valence-electron chi connectivity index (χ0n) is 9.33. The Bertz CT molecular complexity index is 426. The molecule has 1 unspecified atom stereocenters. The summed E-state index contributed by atoms with van der Waals surface area (Å²) in [5, 5.41) is -0.867. The fourth-order valence-electron chi connectivity index (χ4n) is 1.44. The van der Waals surface area contributed by atoms with Gasteiger partial charge in [0.25, 0.3) is 0 Å². The minimum absolute atomic E-state index is 0. The van der Waals surface area contributed by atoms with Crippen LogP contribution in [0.1, 0.15) is 12.5 Å². The maximum Gasteiger partial charge on any atom is 0.556 e. The predicted molar refractivity (Wildman–Crippen MR) is 58.5 cm³/mol. The van der Waals surface area contributed by atoms with Crippen molar-refractivity contribution in [2.75, 3.05) is 14.1 Å². The topological polar surface area (TPSA) is 21.5 Å². The van der Waals surface area contributed by atoms with Crippen LogP contribution in [0.5, 0.6) is 5.75 Å². The van der Waals surface area contributed by atoms with Crippen molar-refractivity contribution < 1.29 is 26.5 Å². The van der Waals surface area contributed by atoms with Crippen LogP contribution in [-0.4, -0.2) is 24.8 Å². The molecule has 0 aromatic heterocycles. The number of benzene rings is 1. The highest BCUT2D eigenvalue weighted by Gasteiger charge is 2.39. The zero-order chi connectivity index (χ0) is 11.1. The third kappa shape index (κ3) is 2.25. The highest BCUT2D eigenvalue weighted by Crippen LogP contribution is 2.39. The first-order valence-electron chi connectivity index (χ1n) is 4.70. The van der Waals surface area contributed by atoms with Crippen LogP contribution in [0.15, 0.2) is 24.3 Å². The second-order valence-electron chi connectivity index (χ2n) is 3.78. The molecule has 0 radical (unpaired) electrons. The number of hydrogen-bond acceptors (Lipinski definition) is 2. The Kier molecular flexibility index (Phi) is 3.71. The van der Waals surface area contributed by atoms with E-state index >= 15 is 0 Å². The van der Waals surface area contributed by atoms with E-state index in [1.165, 1.54) is 0 Å². The van der Waals surface area contributed by atoms with Crippen molar-refractivity contribution in [1.82, 2.24) is 0 Å². The van der Waals surface area contributed by atoms with Gasteiger partial charge in [0.1, 0.15) is 19.8 Å². The normalized spacial score (nSPS) is 22.4. The van der Waals surface area contributed by atoms with E-state index < -0.39 is 5.06 Å². The summed E-state index contributed by atoms with van der Waals surface area (Å²) in [5.41, 5.74) is 0.845. The average Bonchev–Trinajstić information content (AvgIpc) is 2.16. The van der Waals surface area contributed by atoms with E-state index in [1.54, 1.807) is 11.5 Å². The molecule has 0 saturated carbocycles. The van der Waals surface area contributed by atoms with E-state index in [1.807, 2.05) is 38.4 Å². The van der Waals surface area contributed by atoms with Gasteiger partial charge in [-0.05, 0) is 19.1 Å². The molecule has 1 atom stereocenters. The first-order chi connectivity index (χ1) is 7.00. The van der Waals surface area contributed by atoms with E-state index in [2.05, 4.69) is 0 Å². The van der Waals surface area contributed by atoms with Crippen LogP contribution in [0.25, 0.3) is 0 Å². The molecule has 5 heteroatoms. The molecule has 1 aliphatic rings. The monoisotopic (exact) mass is 261 g/mol. The Balaban J connectivity index is 0.00000128. The lowest BCUT2D eigenvalue weighted by Gasteiger charge is -2.28. The average molecular weight is 262 g/mol. The molecule has 16 heavy (non-hydrogen) atoms. The summed E-state index contributed by atoms with van der Waals surface area (Å²) < 4.78 is 12.9. The van der Waals surface area contributed by atoms with Gasteiger partial charge in [0.05, 0.1) is 5.56 Å². The largest absolute Gasteiger partial charge is 1.00 e. The second-order valence-corrected chi connectivity index (χ2v) is 4.50. The van der Waals surface area contributed by atoms with Gasteiger partial charge in [-0.15, -0.1) is 0 Å². The Hall–Kier alpha value is -0.930. The highest BCUT2D eigenvalue weighted by molar-refractivity contribution is 6.23. The molecule has 1 aromatic rings. The molecule has 0 amide bonds. The van der Waals surface area contributed by atoms with Crippen LogP contribution in [-0.2, 0) is 9.80 Å². The summed E-state index contributed by atoms with van der Waals surface area (Å²) in [5.74, 6) is 0.741. The molecule has 0 aliphatic carbocycles. The third-order valence-electron chi connectivity index (χ3n) is 2.21. The van der Waals surface area contributed by atoms with E-state index in [0.717, 1.165) is 11.3 Å². The van der Waals surface area contributed by atoms with Crippen molar-refractivity contribution in [1.29, 1.82) is 0 Å². The van der Waals surface area contributed by atoms with Crippen molar-refractivity contribution >= 4 is 17.7 Å². The molecule has 3 nitrogen and oxygen atoms in total. The molecule has 0 N–H and O–H groups in total. The summed E-state index contributed by atoms with van der Waals surface area (Å²) in [4.78, 5) is 0. The molecule has 1 aliphatic heterocycles. The van der Waals surface area contributed by atoms with Gasteiger partial charge >= 0.3 is 6.08 Å². The lowest BCUT2D eigenvalue weighted by Crippen LogP contribution is -3.00. The van der Waals surface area contributed by atoms with Crippen LogP contribution in [0, 0.1) is 0 Å². The number of hydrogen-bond donors (Lipinski definition) is 0. The SMILES string of the molecule is C[N+](C)=C1Oc2ccccc2C(C)(Cl)O1.[Cl-]. The number of fused-ring (bicyclic) bond motifs is 1. The standard InChI is InChI=1S/C11H13ClNO2.ClH/c1-11(12)8-6-4-5-7-9(8)14-10(15-11)13(2)3;/h4-7H,1-3H3;1H/q+1;/p-1. The molecular weight excluding hydrogens is 249 g/mol. The number of nitrogens with zero attached hydrogens (tertiary/aromatic N) is 1. The van der Waals surface area contributed by atoms with Crippen molar-refractivity contribution in [3.05, 3.63) is 29.8 Å². The van der Waals surface area contributed by atoms with Crippen molar-refractivity contribution in [2.45, 2.75) is 12.0 Å². The molecule has 88 valence electrons. The Labute approximate surface area is 106 Å². The summed E-state index contributed by atoms with van der Waals surface area (Å²) in [6.07, 6.45) is 0.409. The Morgan fingerprint density at radius 3 is 2.50 bits per heavy atom. The predicted octanol–water partition coefficient (Wildman–Crippen LogP) is -0.861. The first kappa shape index (κ1) is 13.1. The first-order valence-corrected chi connectivity index (χ1v) is 5.08. The van der Waals surface area contributed by atoms with Gasteiger partial charge in [-0.2, -0.15) is 4.58 Å². The molecule has 0 bridgehead atoms. The van der Waals surface area contributed by atoms with Gasteiger partial charge in [0, 0.05) is 0 Å². The summed E-state index contributed by atoms with van der Waals surface area (Å²) in [7, 11) is 3.69. The van der Waals surface area contributed by atoms with E-state index in [-0.39, 0.29) is 12.4 Å². The summed E-state index contributed by atoms with van der Waals surface area (Å²) >= 11 is 6.29. The smallest absolute Gasteiger partial charge is 0.556 e. The molecule has 1 aromatic carbocycles. The van der Waals surface area contributed by atoms with Gasteiger partial charge in [-0.1, -0.05) is 23.7 Å². The van der Waals surface area contributed by atoms with Gasteiger partial charge in [-0.3, -0.25) is 0 Å². The lowest BCUT2D eigenvalue weighted by atomic mass is 10.1. The molecule has 0 fully saturated rings. The lowest BCUT2D eigenvalue weighted by molar-refractivity contribution is -0.486. The molecule has 0 saturated heterocycles. The van der Waals surface area contributed by atoms with E-state index in [9.17, 15) is 0 Å². The van der Waals surface area contributed by atoms with Crippen LogP contribution in [0.2, 0.25) is 0 Å². The minimum atomic E-state index is -0.867. The van der Waals surface area contributed by atoms with Crippen LogP contribution in [0.4, 0.5) is 0 Å². The third-order valence-corrected chi connectivity index (χ3v) is 2.49. The number of ether oxygens (including phenoxy) is 2. The maximum atomic E-state index is 6.29. The van der Waals surface area contributed by atoms with Crippen molar-refractivity contribution in [2.24, 2.45) is 0 Å². The second kappa shape index (κ2) is 4.52. The van der Waals surface area contributed by atoms with Crippen molar-refractivity contribution in [3.63, 3.8) is 0 Å². The molecule has 0 spiro atoms.